The van der Waals surface area contributed by atoms with Crippen molar-refractivity contribution in [2.75, 3.05) is 11.9 Å². The van der Waals surface area contributed by atoms with Crippen molar-refractivity contribution in [3.63, 3.8) is 0 Å². The first kappa shape index (κ1) is 14.8. The summed E-state index contributed by atoms with van der Waals surface area (Å²) in [5.41, 5.74) is -0.143. The number of hydrogen-bond acceptors (Lipinski definition) is 3. The summed E-state index contributed by atoms with van der Waals surface area (Å²) in [5, 5.41) is 5.86. The van der Waals surface area contributed by atoms with Crippen molar-refractivity contribution in [3.05, 3.63) is 23.6 Å². The van der Waals surface area contributed by atoms with Crippen LogP contribution < -0.4 is 10.6 Å². The van der Waals surface area contributed by atoms with E-state index in [4.69, 9.17) is 0 Å². The fraction of sp³-hybridized carbons (Fsp3) is 0.600. The van der Waals surface area contributed by atoms with Crippen molar-refractivity contribution < 1.29 is 9.18 Å². The van der Waals surface area contributed by atoms with Crippen molar-refractivity contribution in [2.24, 2.45) is 0 Å². The van der Waals surface area contributed by atoms with Crippen LogP contribution in [0, 0.1) is 5.82 Å². The van der Waals surface area contributed by atoms with Gasteiger partial charge < -0.3 is 10.6 Å². The molecule has 0 atom stereocenters. The van der Waals surface area contributed by atoms with Crippen LogP contribution in [-0.4, -0.2) is 23.0 Å². The average molecular weight is 279 g/mol. The molecule has 1 amide bonds. The zero-order valence-electron chi connectivity index (χ0n) is 12.1. The Morgan fingerprint density at radius 3 is 2.80 bits per heavy atom. The molecule has 0 radical (unpaired) electrons. The smallest absolute Gasteiger partial charge is 0.254 e. The normalized spacial score (nSPS) is 16.9. The molecule has 2 N–H and O–H groups in total. The van der Waals surface area contributed by atoms with E-state index < -0.39 is 5.82 Å². The highest BCUT2D eigenvalue weighted by molar-refractivity contribution is 5.95. The summed E-state index contributed by atoms with van der Waals surface area (Å²) in [5.74, 6) is -0.773. The van der Waals surface area contributed by atoms with E-state index in [1.54, 1.807) is 0 Å². The number of aromatic nitrogens is 1. The Bertz CT molecular complexity index is 484. The van der Waals surface area contributed by atoms with E-state index in [2.05, 4.69) is 15.6 Å². The first-order valence-corrected chi connectivity index (χ1v) is 7.26. The summed E-state index contributed by atoms with van der Waals surface area (Å²) in [6.45, 7) is 4.64. The average Bonchev–Trinajstić information content (AvgIpc) is 2.84. The molecule has 1 saturated carbocycles. The van der Waals surface area contributed by atoms with E-state index >= 15 is 0 Å². The van der Waals surface area contributed by atoms with Crippen molar-refractivity contribution in [2.45, 2.75) is 51.5 Å². The monoisotopic (exact) mass is 279 g/mol. The fourth-order valence-corrected chi connectivity index (χ4v) is 2.61. The number of halogens is 1. The zero-order valence-corrected chi connectivity index (χ0v) is 12.1. The zero-order chi connectivity index (χ0) is 14.6. The Morgan fingerprint density at radius 1 is 1.45 bits per heavy atom. The topological polar surface area (TPSA) is 54.0 Å². The number of rotatable bonds is 5. The third-order valence-corrected chi connectivity index (χ3v) is 3.80. The summed E-state index contributed by atoms with van der Waals surface area (Å²) < 4.78 is 14.3. The quantitative estimate of drug-likeness (QED) is 0.870. The molecule has 110 valence electrons. The standard InChI is InChI=1S/C15H22FN3O/c1-3-9-17-13-12(16)11(6-10-18-13)14(20)19-15(2)7-4-5-8-15/h6,10H,3-5,7-9H2,1-2H3,(H,17,18)(H,19,20). The van der Waals surface area contributed by atoms with Gasteiger partial charge in [0.1, 0.15) is 0 Å². The van der Waals surface area contributed by atoms with Crippen molar-refractivity contribution in [1.82, 2.24) is 10.3 Å². The molecule has 1 aliphatic rings. The van der Waals surface area contributed by atoms with Gasteiger partial charge in [0, 0.05) is 18.3 Å². The van der Waals surface area contributed by atoms with Gasteiger partial charge in [-0.3, -0.25) is 4.79 Å². The van der Waals surface area contributed by atoms with Crippen molar-refractivity contribution >= 4 is 11.7 Å². The molecule has 0 unspecified atom stereocenters. The molecule has 1 aromatic heterocycles. The van der Waals surface area contributed by atoms with Gasteiger partial charge in [-0.1, -0.05) is 19.8 Å². The minimum atomic E-state index is -0.569. The van der Waals surface area contributed by atoms with Gasteiger partial charge in [-0.2, -0.15) is 0 Å². The van der Waals surface area contributed by atoms with Gasteiger partial charge in [0.05, 0.1) is 5.56 Å². The van der Waals surface area contributed by atoms with E-state index in [1.807, 2.05) is 13.8 Å². The van der Waals surface area contributed by atoms with Crippen LogP contribution in [0.15, 0.2) is 12.3 Å². The minimum absolute atomic E-state index is 0.0618. The molecule has 0 aromatic carbocycles. The molecule has 4 nitrogen and oxygen atoms in total. The van der Waals surface area contributed by atoms with Gasteiger partial charge in [-0.25, -0.2) is 9.37 Å². The van der Waals surface area contributed by atoms with Gasteiger partial charge >= 0.3 is 0 Å². The second-order valence-electron chi connectivity index (χ2n) is 5.67. The number of hydrogen-bond donors (Lipinski definition) is 2. The van der Waals surface area contributed by atoms with E-state index in [0.717, 1.165) is 32.1 Å². The first-order valence-electron chi connectivity index (χ1n) is 7.26. The maximum Gasteiger partial charge on any atom is 0.254 e. The van der Waals surface area contributed by atoms with Gasteiger partial charge in [-0.05, 0) is 32.3 Å². The molecule has 5 heteroatoms. The number of anilines is 1. The summed E-state index contributed by atoms with van der Waals surface area (Å²) in [7, 11) is 0. The number of amides is 1. The van der Waals surface area contributed by atoms with Crippen LogP contribution >= 0.6 is 0 Å². The van der Waals surface area contributed by atoms with Crippen LogP contribution in [-0.2, 0) is 0 Å². The van der Waals surface area contributed by atoms with Crippen LogP contribution in [0.25, 0.3) is 0 Å². The van der Waals surface area contributed by atoms with Gasteiger partial charge in [0.15, 0.2) is 11.6 Å². The maximum absolute atomic E-state index is 14.3. The molecule has 1 aromatic rings. The lowest BCUT2D eigenvalue weighted by Gasteiger charge is -2.25. The molecule has 0 aliphatic heterocycles. The second kappa shape index (κ2) is 6.20. The lowest BCUT2D eigenvalue weighted by molar-refractivity contribution is 0.0904. The first-order chi connectivity index (χ1) is 9.56. The van der Waals surface area contributed by atoms with E-state index in [9.17, 15) is 9.18 Å². The Morgan fingerprint density at radius 2 is 2.15 bits per heavy atom. The predicted molar refractivity (Wildman–Crippen MR) is 77.3 cm³/mol. The van der Waals surface area contributed by atoms with Crippen LogP contribution in [0.4, 0.5) is 10.2 Å². The lowest BCUT2D eigenvalue weighted by atomic mass is 10.00. The number of nitrogens with zero attached hydrogens (tertiary/aromatic N) is 1. The molecule has 0 saturated heterocycles. The van der Waals surface area contributed by atoms with Crippen molar-refractivity contribution in [1.29, 1.82) is 0 Å². The van der Waals surface area contributed by atoms with Gasteiger partial charge in [-0.15, -0.1) is 0 Å². The minimum Gasteiger partial charge on any atom is -0.368 e. The molecule has 0 bridgehead atoms. The third kappa shape index (κ3) is 3.26. The predicted octanol–water partition coefficient (Wildman–Crippen LogP) is 3.11. The molecule has 1 aliphatic carbocycles. The second-order valence-corrected chi connectivity index (χ2v) is 5.67. The van der Waals surface area contributed by atoms with Gasteiger partial charge in [0.25, 0.3) is 5.91 Å². The number of carbonyl (C=O) groups is 1. The summed E-state index contributed by atoms with van der Waals surface area (Å²) in [6, 6.07) is 1.43. The van der Waals surface area contributed by atoms with Crippen LogP contribution in [0.1, 0.15) is 56.3 Å². The Labute approximate surface area is 119 Å². The number of nitrogens with one attached hydrogen (secondary N) is 2. The molecule has 2 rings (SSSR count). The van der Waals surface area contributed by atoms with Crippen LogP contribution in [0.3, 0.4) is 0 Å². The van der Waals surface area contributed by atoms with E-state index in [1.165, 1.54) is 12.3 Å². The van der Waals surface area contributed by atoms with E-state index in [0.29, 0.717) is 6.54 Å². The molecule has 20 heavy (non-hydrogen) atoms. The molecule has 0 spiro atoms. The summed E-state index contributed by atoms with van der Waals surface area (Å²) in [4.78, 5) is 16.2. The summed E-state index contributed by atoms with van der Waals surface area (Å²) in [6.07, 6.45) is 6.46. The largest absolute Gasteiger partial charge is 0.368 e. The van der Waals surface area contributed by atoms with Gasteiger partial charge in [0.2, 0.25) is 0 Å². The number of pyridine rings is 1. The van der Waals surface area contributed by atoms with E-state index in [-0.39, 0.29) is 22.8 Å². The molecule has 1 fully saturated rings. The Hall–Kier alpha value is -1.65. The third-order valence-electron chi connectivity index (χ3n) is 3.80. The highest BCUT2D eigenvalue weighted by Crippen LogP contribution is 2.29. The Kier molecular flexibility index (Phi) is 4.57. The molecule has 1 heterocycles. The van der Waals surface area contributed by atoms with Crippen LogP contribution in [0.5, 0.6) is 0 Å². The van der Waals surface area contributed by atoms with Crippen LogP contribution in [0.2, 0.25) is 0 Å². The summed E-state index contributed by atoms with van der Waals surface area (Å²) >= 11 is 0. The van der Waals surface area contributed by atoms with Crippen molar-refractivity contribution in [3.8, 4) is 0 Å². The molecular formula is C15H22FN3O. The lowest BCUT2D eigenvalue weighted by Crippen LogP contribution is -2.43. The Balaban J connectivity index is 2.13. The molecular weight excluding hydrogens is 257 g/mol. The SMILES string of the molecule is CCCNc1nccc(C(=O)NC2(C)CCCC2)c1F. The maximum atomic E-state index is 14.3. The fourth-order valence-electron chi connectivity index (χ4n) is 2.61. The number of carbonyl (C=O) groups excluding carboxylic acids is 1. The highest BCUT2D eigenvalue weighted by atomic mass is 19.1. The highest BCUT2D eigenvalue weighted by Gasteiger charge is 2.31.